The highest BCUT2D eigenvalue weighted by atomic mass is 16.5. The Kier molecular flexibility index (Phi) is 4.80. The van der Waals surface area contributed by atoms with Crippen molar-refractivity contribution in [3.63, 3.8) is 0 Å². The number of amides is 1. The summed E-state index contributed by atoms with van der Waals surface area (Å²) in [5.41, 5.74) is 0. The van der Waals surface area contributed by atoms with E-state index < -0.39 is 0 Å². The molecule has 108 valence electrons. The molecule has 0 aromatic rings. The van der Waals surface area contributed by atoms with Crippen LogP contribution in [0.5, 0.6) is 0 Å². The van der Waals surface area contributed by atoms with Crippen molar-refractivity contribution in [3.05, 3.63) is 0 Å². The Morgan fingerprint density at radius 1 is 1.32 bits per heavy atom. The molecule has 2 aliphatic rings. The molecule has 1 atom stereocenters. The summed E-state index contributed by atoms with van der Waals surface area (Å²) in [5.74, 6) is 0.300. The van der Waals surface area contributed by atoms with Crippen molar-refractivity contribution in [3.8, 4) is 0 Å². The Labute approximate surface area is 114 Å². The zero-order valence-corrected chi connectivity index (χ0v) is 11.8. The number of esters is 1. The summed E-state index contributed by atoms with van der Waals surface area (Å²) in [6.45, 7) is 3.95. The van der Waals surface area contributed by atoms with E-state index in [1.54, 1.807) is 4.90 Å². The van der Waals surface area contributed by atoms with Gasteiger partial charge in [-0.15, -0.1) is 0 Å². The number of carbonyl (C=O) groups excluding carboxylic acids is 2. The third-order valence-corrected chi connectivity index (χ3v) is 4.13. The van der Waals surface area contributed by atoms with Crippen LogP contribution in [0.3, 0.4) is 0 Å². The monoisotopic (exact) mass is 269 g/mol. The van der Waals surface area contributed by atoms with Crippen LogP contribution in [0.25, 0.3) is 0 Å². The molecule has 0 aromatic heterocycles. The average Bonchev–Trinajstić information content (AvgIpc) is 2.84. The molecule has 1 unspecified atom stereocenters. The summed E-state index contributed by atoms with van der Waals surface area (Å²) >= 11 is 0. The fourth-order valence-corrected chi connectivity index (χ4v) is 2.93. The third kappa shape index (κ3) is 3.47. The fourth-order valence-electron chi connectivity index (χ4n) is 2.93. The molecule has 1 aliphatic carbocycles. The maximum absolute atomic E-state index is 12.1. The third-order valence-electron chi connectivity index (χ3n) is 4.13. The lowest BCUT2D eigenvalue weighted by Gasteiger charge is -2.35. The number of rotatable bonds is 5. The summed E-state index contributed by atoms with van der Waals surface area (Å²) in [6.07, 6.45) is 3.66. The zero-order valence-electron chi connectivity index (χ0n) is 11.8. The Hall–Kier alpha value is -1.10. The summed E-state index contributed by atoms with van der Waals surface area (Å²) in [6, 6.07) is 0. The Balaban J connectivity index is 1.69. The minimum Gasteiger partial charge on any atom is -0.469 e. The van der Waals surface area contributed by atoms with Gasteiger partial charge in [0.1, 0.15) is 0 Å². The van der Waals surface area contributed by atoms with Gasteiger partial charge < -0.3 is 14.4 Å². The van der Waals surface area contributed by atoms with E-state index in [-0.39, 0.29) is 17.8 Å². The van der Waals surface area contributed by atoms with Crippen LogP contribution >= 0.6 is 0 Å². The summed E-state index contributed by atoms with van der Waals surface area (Å²) < 4.78 is 10.2. The zero-order chi connectivity index (χ0) is 13.8. The van der Waals surface area contributed by atoms with Crippen molar-refractivity contribution < 1.29 is 19.1 Å². The number of nitrogens with zero attached hydrogens (tertiary/aromatic N) is 1. The molecule has 1 heterocycles. The van der Waals surface area contributed by atoms with Crippen LogP contribution in [-0.4, -0.2) is 49.7 Å². The van der Waals surface area contributed by atoms with Crippen molar-refractivity contribution >= 4 is 11.9 Å². The summed E-state index contributed by atoms with van der Waals surface area (Å²) in [7, 11) is 1.40. The first-order valence-electron chi connectivity index (χ1n) is 7.11. The van der Waals surface area contributed by atoms with Crippen molar-refractivity contribution in [1.82, 2.24) is 4.90 Å². The van der Waals surface area contributed by atoms with Gasteiger partial charge in [-0.25, -0.2) is 0 Å². The van der Waals surface area contributed by atoms with Gasteiger partial charge in [-0.3, -0.25) is 9.59 Å². The van der Waals surface area contributed by atoms with Crippen LogP contribution in [0.1, 0.15) is 32.6 Å². The first kappa shape index (κ1) is 14.3. The van der Waals surface area contributed by atoms with Gasteiger partial charge >= 0.3 is 5.97 Å². The molecular weight excluding hydrogens is 246 g/mol. The van der Waals surface area contributed by atoms with E-state index in [1.165, 1.54) is 7.11 Å². The van der Waals surface area contributed by atoms with Crippen LogP contribution in [0, 0.1) is 11.8 Å². The first-order valence-corrected chi connectivity index (χ1v) is 7.11. The van der Waals surface area contributed by atoms with Gasteiger partial charge in [0.2, 0.25) is 5.91 Å². The summed E-state index contributed by atoms with van der Waals surface area (Å²) in [5, 5.41) is 0. The normalized spacial score (nSPS) is 30.0. The molecule has 1 saturated carbocycles. The molecule has 0 N–H and O–H groups in total. The largest absolute Gasteiger partial charge is 0.469 e. The summed E-state index contributed by atoms with van der Waals surface area (Å²) in [4.78, 5) is 25.3. The van der Waals surface area contributed by atoms with E-state index in [0.29, 0.717) is 31.5 Å². The Morgan fingerprint density at radius 2 is 2.05 bits per heavy atom. The van der Waals surface area contributed by atoms with Crippen LogP contribution < -0.4 is 0 Å². The van der Waals surface area contributed by atoms with Gasteiger partial charge in [0, 0.05) is 26.1 Å². The standard InChI is InChI=1S/C14H23NO4/c1-3-19-12-6-10(7-12)8-13(16)15-5-4-11(9-15)14(17)18-2/h10-12H,3-9H2,1-2H3. The number of methoxy groups -OCH3 is 1. The molecule has 0 bridgehead atoms. The molecule has 2 rings (SSSR count). The SMILES string of the molecule is CCOC1CC(CC(=O)N2CCC(C(=O)OC)C2)C1. The quantitative estimate of drug-likeness (QED) is 0.704. The smallest absolute Gasteiger partial charge is 0.310 e. The van der Waals surface area contributed by atoms with Crippen molar-refractivity contribution in [2.45, 2.75) is 38.7 Å². The lowest BCUT2D eigenvalue weighted by atomic mass is 9.80. The topological polar surface area (TPSA) is 55.8 Å². The number of likely N-dealkylation sites (tertiary alicyclic amines) is 1. The number of ether oxygens (including phenoxy) is 2. The van der Waals surface area contributed by atoms with Crippen LogP contribution in [0.15, 0.2) is 0 Å². The number of carbonyl (C=O) groups is 2. The molecule has 1 aliphatic heterocycles. The fraction of sp³-hybridized carbons (Fsp3) is 0.857. The average molecular weight is 269 g/mol. The molecule has 1 saturated heterocycles. The second-order valence-electron chi connectivity index (χ2n) is 5.47. The predicted octanol–water partition coefficient (Wildman–Crippen LogP) is 1.21. The van der Waals surface area contributed by atoms with Gasteiger partial charge in [0.15, 0.2) is 0 Å². The van der Waals surface area contributed by atoms with E-state index in [0.717, 1.165) is 25.9 Å². The van der Waals surface area contributed by atoms with Crippen molar-refractivity contribution in [2.75, 3.05) is 26.8 Å². The molecular formula is C14H23NO4. The maximum atomic E-state index is 12.1. The predicted molar refractivity (Wildman–Crippen MR) is 69.5 cm³/mol. The molecule has 0 aromatic carbocycles. The second kappa shape index (κ2) is 6.37. The number of hydrogen-bond acceptors (Lipinski definition) is 4. The lowest BCUT2D eigenvalue weighted by molar-refractivity contribution is -0.145. The highest BCUT2D eigenvalue weighted by molar-refractivity contribution is 5.79. The van der Waals surface area contributed by atoms with E-state index in [2.05, 4.69) is 0 Å². The minimum atomic E-state index is -0.199. The van der Waals surface area contributed by atoms with E-state index in [9.17, 15) is 9.59 Å². The molecule has 0 spiro atoms. The van der Waals surface area contributed by atoms with Crippen LogP contribution in [-0.2, 0) is 19.1 Å². The molecule has 19 heavy (non-hydrogen) atoms. The van der Waals surface area contributed by atoms with E-state index >= 15 is 0 Å². The van der Waals surface area contributed by atoms with Gasteiger partial charge in [0.25, 0.3) is 0 Å². The van der Waals surface area contributed by atoms with Gasteiger partial charge in [-0.2, -0.15) is 0 Å². The Morgan fingerprint density at radius 3 is 2.68 bits per heavy atom. The second-order valence-corrected chi connectivity index (χ2v) is 5.47. The van der Waals surface area contributed by atoms with Crippen molar-refractivity contribution in [1.29, 1.82) is 0 Å². The van der Waals surface area contributed by atoms with Crippen LogP contribution in [0.2, 0.25) is 0 Å². The first-order chi connectivity index (χ1) is 9.13. The van der Waals surface area contributed by atoms with Crippen molar-refractivity contribution in [2.24, 2.45) is 11.8 Å². The highest BCUT2D eigenvalue weighted by Gasteiger charge is 2.35. The molecule has 0 radical (unpaired) electrons. The lowest BCUT2D eigenvalue weighted by Crippen LogP contribution is -2.37. The maximum Gasteiger partial charge on any atom is 0.310 e. The van der Waals surface area contributed by atoms with Crippen LogP contribution in [0.4, 0.5) is 0 Å². The van der Waals surface area contributed by atoms with E-state index in [1.807, 2.05) is 6.92 Å². The van der Waals surface area contributed by atoms with Gasteiger partial charge in [0.05, 0.1) is 19.1 Å². The number of hydrogen-bond donors (Lipinski definition) is 0. The Bertz CT molecular complexity index is 338. The molecule has 2 fully saturated rings. The minimum absolute atomic E-state index is 0.133. The van der Waals surface area contributed by atoms with Gasteiger partial charge in [-0.05, 0) is 32.1 Å². The molecule has 5 nitrogen and oxygen atoms in total. The van der Waals surface area contributed by atoms with E-state index in [4.69, 9.17) is 9.47 Å². The van der Waals surface area contributed by atoms with Gasteiger partial charge in [-0.1, -0.05) is 0 Å². The highest BCUT2D eigenvalue weighted by Crippen LogP contribution is 2.33. The molecule has 1 amide bonds. The molecule has 5 heteroatoms.